The summed E-state index contributed by atoms with van der Waals surface area (Å²) in [5.41, 5.74) is -0.172. The Morgan fingerprint density at radius 1 is 1.33 bits per heavy atom. The van der Waals surface area contributed by atoms with Crippen LogP contribution in [0.1, 0.15) is 46.0 Å². The van der Waals surface area contributed by atoms with Gasteiger partial charge in [-0.1, -0.05) is 0 Å². The van der Waals surface area contributed by atoms with E-state index in [4.69, 9.17) is 4.74 Å². The molecule has 4 heteroatoms. The smallest absolute Gasteiger partial charge is 0.308 e. The average Bonchev–Trinajstić information content (AvgIpc) is 2.67. The minimum absolute atomic E-state index is 0.00141. The van der Waals surface area contributed by atoms with E-state index in [1.807, 2.05) is 4.90 Å². The van der Waals surface area contributed by atoms with Crippen molar-refractivity contribution in [3.05, 3.63) is 0 Å². The van der Waals surface area contributed by atoms with Crippen LogP contribution in [-0.4, -0.2) is 36.5 Å². The first kappa shape index (κ1) is 13.4. The highest BCUT2D eigenvalue weighted by molar-refractivity contribution is 5.85. The van der Waals surface area contributed by atoms with Gasteiger partial charge in [0.15, 0.2) is 0 Å². The van der Waals surface area contributed by atoms with Crippen molar-refractivity contribution in [3.63, 3.8) is 0 Å². The predicted octanol–water partition coefficient (Wildman–Crippen LogP) is 1.98. The third-order valence-electron chi connectivity index (χ3n) is 4.65. The lowest BCUT2D eigenvalue weighted by atomic mass is 9.69. The van der Waals surface area contributed by atoms with E-state index >= 15 is 0 Å². The van der Waals surface area contributed by atoms with Gasteiger partial charge in [0.25, 0.3) is 0 Å². The Morgan fingerprint density at radius 3 is 2.39 bits per heavy atom. The Morgan fingerprint density at radius 2 is 1.94 bits per heavy atom. The number of methoxy groups -OCH3 is 1. The molecule has 1 spiro atoms. The zero-order chi connectivity index (χ0) is 13.3. The first-order valence-corrected chi connectivity index (χ1v) is 6.89. The van der Waals surface area contributed by atoms with Gasteiger partial charge < -0.3 is 9.64 Å². The number of likely N-dealkylation sites (tertiary alicyclic amines) is 1. The van der Waals surface area contributed by atoms with Crippen LogP contribution in [0.4, 0.5) is 0 Å². The number of rotatable bonds is 2. The summed E-state index contributed by atoms with van der Waals surface area (Å²) in [7, 11) is 1.44. The van der Waals surface area contributed by atoms with E-state index < -0.39 is 0 Å². The summed E-state index contributed by atoms with van der Waals surface area (Å²) >= 11 is 0. The number of carbonyl (C=O) groups is 2. The highest BCUT2D eigenvalue weighted by Gasteiger charge is 2.49. The summed E-state index contributed by atoms with van der Waals surface area (Å²) in [5.74, 6) is 0.193. The van der Waals surface area contributed by atoms with Crippen molar-refractivity contribution in [1.29, 1.82) is 0 Å². The van der Waals surface area contributed by atoms with E-state index in [9.17, 15) is 9.59 Å². The quantitative estimate of drug-likeness (QED) is 0.707. The molecule has 1 aliphatic heterocycles. The summed E-state index contributed by atoms with van der Waals surface area (Å²) in [6, 6.07) is 0.287. The van der Waals surface area contributed by atoms with Crippen LogP contribution in [0.3, 0.4) is 0 Å². The van der Waals surface area contributed by atoms with Gasteiger partial charge in [-0.2, -0.15) is 0 Å². The van der Waals surface area contributed by atoms with Gasteiger partial charge in [-0.15, -0.1) is 0 Å². The molecule has 1 aliphatic carbocycles. The number of amides is 1. The van der Waals surface area contributed by atoms with Crippen LogP contribution in [0, 0.1) is 11.3 Å². The molecule has 0 aromatic rings. The van der Waals surface area contributed by atoms with Crippen molar-refractivity contribution in [2.24, 2.45) is 11.3 Å². The van der Waals surface area contributed by atoms with E-state index in [0.29, 0.717) is 5.91 Å². The van der Waals surface area contributed by atoms with Gasteiger partial charge in [0.1, 0.15) is 0 Å². The lowest BCUT2D eigenvalue weighted by molar-refractivity contribution is -0.150. The number of hydrogen-bond donors (Lipinski definition) is 0. The molecular formula is C14H23NO3. The van der Waals surface area contributed by atoms with Gasteiger partial charge in [-0.3, -0.25) is 9.59 Å². The van der Waals surface area contributed by atoms with Crippen molar-refractivity contribution in [2.45, 2.75) is 52.0 Å². The second kappa shape index (κ2) is 4.90. The van der Waals surface area contributed by atoms with Crippen LogP contribution in [0.2, 0.25) is 0 Å². The Bertz CT molecular complexity index is 343. The van der Waals surface area contributed by atoms with Crippen LogP contribution >= 0.6 is 0 Å². The maximum atomic E-state index is 12.5. The van der Waals surface area contributed by atoms with Crippen molar-refractivity contribution >= 4 is 11.9 Å². The van der Waals surface area contributed by atoms with E-state index in [0.717, 1.165) is 38.6 Å². The zero-order valence-electron chi connectivity index (χ0n) is 11.6. The summed E-state index contributed by atoms with van der Waals surface area (Å²) in [6.45, 7) is 5.01. The second-order valence-corrected chi connectivity index (χ2v) is 5.92. The van der Waals surface area contributed by atoms with Gasteiger partial charge in [-0.25, -0.2) is 0 Å². The van der Waals surface area contributed by atoms with Crippen LogP contribution in [-0.2, 0) is 14.3 Å². The Balaban J connectivity index is 2.01. The first-order valence-electron chi connectivity index (χ1n) is 6.89. The molecule has 0 N–H and O–H groups in total. The van der Waals surface area contributed by atoms with Crippen LogP contribution < -0.4 is 0 Å². The second-order valence-electron chi connectivity index (χ2n) is 5.92. The summed E-state index contributed by atoms with van der Waals surface area (Å²) in [4.78, 5) is 26.0. The zero-order valence-corrected chi connectivity index (χ0v) is 11.6. The molecule has 2 aliphatic rings. The summed E-state index contributed by atoms with van der Waals surface area (Å²) in [6.07, 6.45) is 4.23. The molecule has 1 saturated heterocycles. The summed E-state index contributed by atoms with van der Waals surface area (Å²) < 4.78 is 4.79. The molecular weight excluding hydrogens is 230 g/mol. The fourth-order valence-electron chi connectivity index (χ4n) is 3.38. The Labute approximate surface area is 109 Å². The molecule has 0 atom stereocenters. The number of nitrogens with zero attached hydrogens (tertiary/aromatic N) is 1. The predicted molar refractivity (Wildman–Crippen MR) is 67.9 cm³/mol. The average molecular weight is 253 g/mol. The minimum Gasteiger partial charge on any atom is -0.469 e. The topological polar surface area (TPSA) is 46.6 Å². The largest absolute Gasteiger partial charge is 0.469 e. The highest BCUT2D eigenvalue weighted by atomic mass is 16.5. The number of esters is 1. The first-order chi connectivity index (χ1) is 8.50. The highest BCUT2D eigenvalue weighted by Crippen LogP contribution is 2.47. The Hall–Kier alpha value is -1.06. The van der Waals surface area contributed by atoms with Crippen molar-refractivity contribution in [1.82, 2.24) is 4.90 Å². The molecule has 4 nitrogen and oxygen atoms in total. The molecule has 1 saturated carbocycles. The number of hydrogen-bond acceptors (Lipinski definition) is 3. The van der Waals surface area contributed by atoms with Crippen molar-refractivity contribution < 1.29 is 14.3 Å². The third kappa shape index (κ3) is 2.13. The van der Waals surface area contributed by atoms with Gasteiger partial charge in [-0.05, 0) is 46.0 Å². The number of carbonyl (C=O) groups excluding carboxylic acids is 2. The summed E-state index contributed by atoms with van der Waals surface area (Å²) in [5, 5.41) is 0. The maximum absolute atomic E-state index is 12.5. The molecule has 1 heterocycles. The molecule has 0 aromatic heterocycles. The monoisotopic (exact) mass is 253 g/mol. The fraction of sp³-hybridized carbons (Fsp3) is 0.857. The molecule has 2 fully saturated rings. The molecule has 0 unspecified atom stereocenters. The van der Waals surface area contributed by atoms with Gasteiger partial charge in [0.2, 0.25) is 5.91 Å². The lowest BCUT2D eigenvalue weighted by Gasteiger charge is -2.35. The molecule has 0 radical (unpaired) electrons. The fourth-order valence-corrected chi connectivity index (χ4v) is 3.38. The van der Waals surface area contributed by atoms with E-state index in [2.05, 4.69) is 13.8 Å². The molecule has 0 aromatic carbocycles. The van der Waals surface area contributed by atoms with Crippen molar-refractivity contribution in [2.75, 3.05) is 13.7 Å². The van der Waals surface area contributed by atoms with Gasteiger partial charge in [0, 0.05) is 12.6 Å². The minimum atomic E-state index is -0.172. The maximum Gasteiger partial charge on any atom is 0.308 e. The molecule has 1 amide bonds. The normalized spacial score (nSPS) is 32.3. The van der Waals surface area contributed by atoms with Gasteiger partial charge >= 0.3 is 5.97 Å². The molecule has 2 rings (SSSR count). The molecule has 102 valence electrons. The van der Waals surface area contributed by atoms with E-state index in [-0.39, 0.29) is 23.3 Å². The third-order valence-corrected chi connectivity index (χ3v) is 4.65. The van der Waals surface area contributed by atoms with Crippen molar-refractivity contribution in [3.8, 4) is 0 Å². The number of ether oxygens (including phenoxy) is 1. The molecule has 0 bridgehead atoms. The molecule has 18 heavy (non-hydrogen) atoms. The van der Waals surface area contributed by atoms with E-state index in [1.165, 1.54) is 7.11 Å². The Kier molecular flexibility index (Phi) is 3.64. The van der Waals surface area contributed by atoms with E-state index in [1.54, 1.807) is 0 Å². The van der Waals surface area contributed by atoms with Crippen LogP contribution in [0.25, 0.3) is 0 Å². The SMILES string of the molecule is COC(=O)C1CCC2(CC1)CCN(C(C)C)C2=O. The van der Waals surface area contributed by atoms with Gasteiger partial charge in [0.05, 0.1) is 18.4 Å². The lowest BCUT2D eigenvalue weighted by Crippen LogP contribution is -2.41. The standard InChI is InChI=1S/C14H23NO3/c1-10(2)15-9-8-14(13(15)17)6-4-11(5-7-14)12(16)18-3/h10-11H,4-9H2,1-3H3. The van der Waals surface area contributed by atoms with Crippen LogP contribution in [0.15, 0.2) is 0 Å². The van der Waals surface area contributed by atoms with Crippen LogP contribution in [0.5, 0.6) is 0 Å².